The van der Waals surface area contributed by atoms with E-state index in [9.17, 15) is 9.59 Å². The minimum atomic E-state index is -0.319. The molecule has 1 saturated heterocycles. The van der Waals surface area contributed by atoms with Crippen molar-refractivity contribution in [2.75, 3.05) is 13.1 Å². The number of H-pyrrole nitrogens is 1. The molecule has 194 valence electrons. The van der Waals surface area contributed by atoms with E-state index in [2.05, 4.69) is 39.4 Å². The molecule has 1 amide bonds. The van der Waals surface area contributed by atoms with Crippen LogP contribution in [-0.4, -0.2) is 39.1 Å². The molecule has 0 aliphatic carbocycles. The van der Waals surface area contributed by atoms with Crippen molar-refractivity contribution in [3.63, 3.8) is 0 Å². The smallest absolute Gasteiger partial charge is 0.273 e. The largest absolute Gasteiger partial charge is 0.489 e. The SMILES string of the molecule is O=C(CCc1nnc(-c2cccc(OCc3ccccc3)c2)[nH]c1=O)N1CCC(Cc2ccccc2)CC1. The number of likely N-dealkylation sites (tertiary alicyclic amines) is 1. The number of carbonyl (C=O) groups is 1. The Hall–Kier alpha value is -4.26. The number of benzene rings is 3. The van der Waals surface area contributed by atoms with Gasteiger partial charge in [0.15, 0.2) is 5.82 Å². The summed E-state index contributed by atoms with van der Waals surface area (Å²) in [4.78, 5) is 30.2. The van der Waals surface area contributed by atoms with Gasteiger partial charge in [0.05, 0.1) is 0 Å². The number of carbonyl (C=O) groups excluding carboxylic acids is 1. The number of nitrogens with zero attached hydrogens (tertiary/aromatic N) is 3. The van der Waals surface area contributed by atoms with Gasteiger partial charge in [0.2, 0.25) is 5.91 Å². The van der Waals surface area contributed by atoms with Crippen molar-refractivity contribution >= 4 is 5.91 Å². The molecule has 0 radical (unpaired) electrons. The number of aromatic nitrogens is 3. The lowest BCUT2D eigenvalue weighted by molar-refractivity contribution is -0.132. The number of ether oxygens (including phenoxy) is 1. The van der Waals surface area contributed by atoms with Crippen LogP contribution < -0.4 is 10.3 Å². The third kappa shape index (κ3) is 6.73. The van der Waals surface area contributed by atoms with Gasteiger partial charge < -0.3 is 14.6 Å². The highest BCUT2D eigenvalue weighted by atomic mass is 16.5. The number of aryl methyl sites for hydroxylation is 1. The summed E-state index contributed by atoms with van der Waals surface area (Å²) in [5.74, 6) is 1.72. The molecule has 0 bridgehead atoms. The summed E-state index contributed by atoms with van der Waals surface area (Å²) in [6.45, 7) is 1.98. The highest BCUT2D eigenvalue weighted by Crippen LogP contribution is 2.23. The second-order valence-electron chi connectivity index (χ2n) is 9.77. The van der Waals surface area contributed by atoms with E-state index in [4.69, 9.17) is 4.74 Å². The van der Waals surface area contributed by atoms with Crippen molar-refractivity contribution in [3.05, 3.63) is 112 Å². The fourth-order valence-electron chi connectivity index (χ4n) is 4.85. The fraction of sp³-hybridized carbons (Fsp3) is 0.290. The third-order valence-corrected chi connectivity index (χ3v) is 7.03. The number of amides is 1. The molecule has 1 aromatic heterocycles. The van der Waals surface area contributed by atoms with Crippen LogP contribution in [0, 0.1) is 5.92 Å². The summed E-state index contributed by atoms with van der Waals surface area (Å²) < 4.78 is 5.88. The lowest BCUT2D eigenvalue weighted by atomic mass is 9.90. The lowest BCUT2D eigenvalue weighted by Gasteiger charge is -2.32. The Bertz CT molecular complexity index is 1400. The van der Waals surface area contributed by atoms with Crippen LogP contribution in [0.2, 0.25) is 0 Å². The van der Waals surface area contributed by atoms with Gasteiger partial charge in [-0.25, -0.2) is 0 Å². The molecule has 4 aromatic rings. The Labute approximate surface area is 222 Å². The Morgan fingerprint density at radius 2 is 1.61 bits per heavy atom. The molecule has 0 saturated carbocycles. The second-order valence-corrected chi connectivity index (χ2v) is 9.77. The summed E-state index contributed by atoms with van der Waals surface area (Å²) in [5.41, 5.74) is 3.09. The molecule has 7 heteroatoms. The summed E-state index contributed by atoms with van der Waals surface area (Å²) in [6, 6.07) is 27.8. The first-order valence-corrected chi connectivity index (χ1v) is 13.2. The first-order valence-electron chi connectivity index (χ1n) is 13.2. The maximum atomic E-state index is 12.8. The number of hydrogen-bond donors (Lipinski definition) is 1. The van der Waals surface area contributed by atoms with E-state index in [-0.39, 0.29) is 30.0 Å². The first kappa shape index (κ1) is 25.4. The van der Waals surface area contributed by atoms with Crippen molar-refractivity contribution in [2.24, 2.45) is 5.92 Å². The molecular formula is C31H32N4O3. The van der Waals surface area contributed by atoms with Gasteiger partial charge in [-0.2, -0.15) is 0 Å². The lowest BCUT2D eigenvalue weighted by Crippen LogP contribution is -2.39. The molecule has 7 nitrogen and oxygen atoms in total. The zero-order valence-electron chi connectivity index (χ0n) is 21.4. The van der Waals surface area contributed by atoms with Crippen molar-refractivity contribution in [3.8, 4) is 17.1 Å². The van der Waals surface area contributed by atoms with Crippen molar-refractivity contribution in [2.45, 2.75) is 38.7 Å². The van der Waals surface area contributed by atoms with E-state index in [1.807, 2.05) is 65.6 Å². The average molecular weight is 509 g/mol. The molecule has 2 heterocycles. The average Bonchev–Trinajstić information content (AvgIpc) is 2.97. The van der Waals surface area contributed by atoms with Crippen LogP contribution in [0.4, 0.5) is 0 Å². The van der Waals surface area contributed by atoms with Crippen LogP contribution in [0.1, 0.15) is 36.1 Å². The van der Waals surface area contributed by atoms with Gasteiger partial charge in [-0.3, -0.25) is 9.59 Å². The van der Waals surface area contributed by atoms with Crippen molar-refractivity contribution < 1.29 is 9.53 Å². The molecule has 0 spiro atoms. The molecule has 5 rings (SSSR count). The van der Waals surface area contributed by atoms with Gasteiger partial charge in [-0.05, 0) is 48.4 Å². The molecular weight excluding hydrogens is 476 g/mol. The molecule has 1 aliphatic rings. The van der Waals surface area contributed by atoms with E-state index in [0.29, 0.717) is 29.7 Å². The van der Waals surface area contributed by atoms with Crippen LogP contribution in [0.15, 0.2) is 89.7 Å². The number of hydrogen-bond acceptors (Lipinski definition) is 5. The molecule has 3 aromatic carbocycles. The predicted octanol–water partition coefficient (Wildman–Crippen LogP) is 4.82. The van der Waals surface area contributed by atoms with E-state index in [0.717, 1.165) is 37.9 Å². The van der Waals surface area contributed by atoms with Gasteiger partial charge in [0.25, 0.3) is 5.56 Å². The van der Waals surface area contributed by atoms with Crippen LogP contribution >= 0.6 is 0 Å². The quantitative estimate of drug-likeness (QED) is 0.350. The van der Waals surface area contributed by atoms with Gasteiger partial charge in [0, 0.05) is 31.5 Å². The topological polar surface area (TPSA) is 88.2 Å². The van der Waals surface area contributed by atoms with Crippen LogP contribution in [0.3, 0.4) is 0 Å². The van der Waals surface area contributed by atoms with E-state index in [1.54, 1.807) is 0 Å². The Kier molecular flexibility index (Phi) is 8.23. The van der Waals surface area contributed by atoms with Gasteiger partial charge in [-0.1, -0.05) is 72.8 Å². The van der Waals surface area contributed by atoms with Gasteiger partial charge in [-0.15, -0.1) is 10.2 Å². The summed E-state index contributed by atoms with van der Waals surface area (Å²) in [7, 11) is 0. The van der Waals surface area contributed by atoms with Gasteiger partial charge in [0.1, 0.15) is 18.1 Å². The minimum absolute atomic E-state index is 0.0664. The molecule has 1 aliphatic heterocycles. The highest BCUT2D eigenvalue weighted by molar-refractivity contribution is 5.76. The minimum Gasteiger partial charge on any atom is -0.489 e. The number of aromatic amines is 1. The van der Waals surface area contributed by atoms with Crippen molar-refractivity contribution in [1.82, 2.24) is 20.1 Å². The number of piperidine rings is 1. The summed E-state index contributed by atoms with van der Waals surface area (Å²) in [6.07, 6.45) is 3.59. The van der Waals surface area contributed by atoms with E-state index < -0.39 is 0 Å². The van der Waals surface area contributed by atoms with E-state index >= 15 is 0 Å². The Morgan fingerprint density at radius 1 is 0.895 bits per heavy atom. The molecule has 0 unspecified atom stereocenters. The van der Waals surface area contributed by atoms with Crippen molar-refractivity contribution in [1.29, 1.82) is 0 Å². The Morgan fingerprint density at radius 3 is 2.32 bits per heavy atom. The molecule has 38 heavy (non-hydrogen) atoms. The third-order valence-electron chi connectivity index (χ3n) is 7.03. The van der Waals surface area contributed by atoms with Crippen LogP contribution in [-0.2, 0) is 24.2 Å². The number of rotatable bonds is 9. The first-order chi connectivity index (χ1) is 18.6. The normalized spacial score (nSPS) is 13.8. The molecule has 1 fully saturated rings. The Balaban J connectivity index is 1.12. The predicted molar refractivity (Wildman–Crippen MR) is 147 cm³/mol. The maximum absolute atomic E-state index is 12.8. The molecule has 0 atom stereocenters. The second kappa shape index (κ2) is 12.3. The van der Waals surface area contributed by atoms with Gasteiger partial charge >= 0.3 is 0 Å². The van der Waals surface area contributed by atoms with Crippen LogP contribution in [0.5, 0.6) is 5.75 Å². The highest BCUT2D eigenvalue weighted by Gasteiger charge is 2.23. The number of nitrogens with one attached hydrogen (secondary N) is 1. The maximum Gasteiger partial charge on any atom is 0.273 e. The zero-order chi connectivity index (χ0) is 26.2. The fourth-order valence-corrected chi connectivity index (χ4v) is 4.85. The van der Waals surface area contributed by atoms with Crippen LogP contribution in [0.25, 0.3) is 11.4 Å². The summed E-state index contributed by atoms with van der Waals surface area (Å²) in [5, 5.41) is 8.37. The monoisotopic (exact) mass is 508 g/mol. The molecule has 1 N–H and O–H groups in total. The summed E-state index contributed by atoms with van der Waals surface area (Å²) >= 11 is 0. The van der Waals surface area contributed by atoms with E-state index in [1.165, 1.54) is 5.56 Å². The standard InChI is InChI=1S/C31H32N4O3/c36-29(35-18-16-24(17-19-35)20-23-8-3-1-4-9-23)15-14-28-31(37)32-30(34-33-28)26-12-7-13-27(21-26)38-22-25-10-5-2-6-11-25/h1-13,21,24H,14-20,22H2,(H,32,34,37). The zero-order valence-corrected chi connectivity index (χ0v) is 21.4.